The van der Waals surface area contributed by atoms with Crippen molar-refractivity contribution in [1.82, 2.24) is 0 Å². The lowest BCUT2D eigenvalue weighted by Gasteiger charge is -2.45. The molecule has 1 aliphatic carbocycles. The average molecular weight is 341 g/mol. The van der Waals surface area contributed by atoms with Gasteiger partial charge < -0.3 is 9.53 Å². The van der Waals surface area contributed by atoms with Gasteiger partial charge in [0.05, 0.1) is 12.2 Å². The van der Waals surface area contributed by atoms with Crippen LogP contribution in [0, 0.1) is 0 Å². The molecule has 0 unspecified atom stereocenters. The summed E-state index contributed by atoms with van der Waals surface area (Å²) in [6.45, 7) is 6.83. The summed E-state index contributed by atoms with van der Waals surface area (Å²) in [7, 11) is -2.52. The predicted molar refractivity (Wildman–Crippen MR) is 102 cm³/mol. The molecule has 0 amide bonds. The van der Waals surface area contributed by atoms with Crippen molar-refractivity contribution in [1.29, 1.82) is 0 Å². The summed E-state index contributed by atoms with van der Waals surface area (Å²) in [6.07, 6.45) is 2.45. The zero-order chi connectivity index (χ0) is 17.2. The van der Waals surface area contributed by atoms with E-state index in [-0.39, 0.29) is 17.2 Å². The Kier molecular flexibility index (Phi) is 4.95. The smallest absolute Gasteiger partial charge is 0.261 e. The third-order valence-corrected chi connectivity index (χ3v) is 10.2. The molecule has 2 aromatic rings. The predicted octanol–water partition coefficient (Wildman–Crippen LogP) is 3.48. The molecule has 0 spiro atoms. The Labute approximate surface area is 146 Å². The van der Waals surface area contributed by atoms with Crippen LogP contribution in [-0.4, -0.2) is 25.6 Å². The van der Waals surface area contributed by atoms with Crippen LogP contribution >= 0.6 is 0 Å². The van der Waals surface area contributed by atoms with Gasteiger partial charge in [-0.05, 0) is 34.7 Å². The highest BCUT2D eigenvalue weighted by molar-refractivity contribution is 6.99. The first-order valence-electron chi connectivity index (χ1n) is 8.92. The van der Waals surface area contributed by atoms with Crippen molar-refractivity contribution < 1.29 is 9.53 Å². The Balaban J connectivity index is 2.17. The van der Waals surface area contributed by atoms with Crippen LogP contribution in [0.3, 0.4) is 0 Å². The summed E-state index contributed by atoms with van der Waals surface area (Å²) >= 11 is 0. The Morgan fingerprint density at radius 1 is 0.875 bits per heavy atom. The van der Waals surface area contributed by atoms with Crippen molar-refractivity contribution >= 4 is 18.7 Å². The highest BCUT2D eigenvalue weighted by atomic mass is 28.4. The van der Waals surface area contributed by atoms with E-state index in [1.807, 2.05) is 0 Å². The molecule has 0 radical (unpaired) electrons. The van der Waals surface area contributed by atoms with Crippen molar-refractivity contribution in [2.45, 2.75) is 57.3 Å². The average Bonchev–Trinajstić information content (AvgIpc) is 2.98. The summed E-state index contributed by atoms with van der Waals surface area (Å²) < 4.78 is 6.94. The number of aliphatic hydroxyl groups excluding tert-OH is 1. The molecule has 2 aromatic carbocycles. The van der Waals surface area contributed by atoms with Gasteiger partial charge in [0.15, 0.2) is 0 Å². The Morgan fingerprint density at radius 3 is 1.75 bits per heavy atom. The summed E-state index contributed by atoms with van der Waals surface area (Å²) in [6, 6.07) is 21.3. The van der Waals surface area contributed by atoms with E-state index in [0.717, 1.165) is 19.3 Å². The number of aliphatic hydroxyl groups is 1. The highest BCUT2D eigenvalue weighted by Gasteiger charge is 2.52. The maximum absolute atomic E-state index is 10.4. The van der Waals surface area contributed by atoms with Crippen LogP contribution < -0.4 is 10.4 Å². The fraction of sp³-hybridized carbons (Fsp3) is 0.429. The lowest BCUT2D eigenvalue weighted by atomic mass is 10.2. The van der Waals surface area contributed by atoms with E-state index in [1.165, 1.54) is 10.4 Å². The molecule has 2 atom stereocenters. The lowest BCUT2D eigenvalue weighted by Crippen LogP contribution is -2.68. The monoisotopic (exact) mass is 340 g/mol. The first-order valence-corrected chi connectivity index (χ1v) is 10.8. The maximum Gasteiger partial charge on any atom is 0.261 e. The maximum atomic E-state index is 10.4. The molecular weight excluding hydrogens is 312 g/mol. The lowest BCUT2D eigenvalue weighted by molar-refractivity contribution is 0.0539. The fourth-order valence-electron chi connectivity index (χ4n) is 3.96. The van der Waals surface area contributed by atoms with Gasteiger partial charge in [-0.2, -0.15) is 0 Å². The topological polar surface area (TPSA) is 29.5 Å². The van der Waals surface area contributed by atoms with E-state index in [9.17, 15) is 5.11 Å². The zero-order valence-corrected chi connectivity index (χ0v) is 15.9. The van der Waals surface area contributed by atoms with Crippen LogP contribution in [0.2, 0.25) is 5.04 Å². The van der Waals surface area contributed by atoms with Crippen LogP contribution in [0.5, 0.6) is 0 Å². The van der Waals surface area contributed by atoms with Gasteiger partial charge in [-0.25, -0.2) is 0 Å². The standard InChI is InChI=1S/C21H28O2Si/c1-21(2,3)24(17-11-6-4-7-12-17,18-13-8-5-9-14-18)23-20-16-10-15-19(20)22/h4-9,11-14,19-20,22H,10,15-16H2,1-3H3/t19-,20-/m1/s1. The van der Waals surface area contributed by atoms with Crippen molar-refractivity contribution in [3.63, 3.8) is 0 Å². The number of hydrogen-bond donors (Lipinski definition) is 1. The molecular formula is C21H28O2Si. The first-order chi connectivity index (χ1) is 11.4. The first kappa shape index (κ1) is 17.4. The molecule has 24 heavy (non-hydrogen) atoms. The summed E-state index contributed by atoms with van der Waals surface area (Å²) in [5.41, 5.74) is 0. The van der Waals surface area contributed by atoms with Gasteiger partial charge in [-0.15, -0.1) is 0 Å². The van der Waals surface area contributed by atoms with Gasteiger partial charge in [0.1, 0.15) is 0 Å². The third kappa shape index (κ3) is 3.08. The number of rotatable bonds is 4. The van der Waals surface area contributed by atoms with E-state index >= 15 is 0 Å². The number of benzene rings is 2. The quantitative estimate of drug-likeness (QED) is 0.864. The van der Waals surface area contributed by atoms with Crippen LogP contribution in [-0.2, 0) is 4.43 Å². The van der Waals surface area contributed by atoms with E-state index in [2.05, 4.69) is 81.4 Å². The highest BCUT2D eigenvalue weighted by Crippen LogP contribution is 2.39. The van der Waals surface area contributed by atoms with Crippen molar-refractivity contribution in [2.75, 3.05) is 0 Å². The summed E-state index contributed by atoms with van der Waals surface area (Å²) in [5.74, 6) is 0. The van der Waals surface area contributed by atoms with Crippen LogP contribution in [0.25, 0.3) is 0 Å². The van der Waals surface area contributed by atoms with E-state index < -0.39 is 8.32 Å². The normalized spacial score (nSPS) is 21.8. The van der Waals surface area contributed by atoms with Crippen LogP contribution in [0.1, 0.15) is 40.0 Å². The van der Waals surface area contributed by atoms with Gasteiger partial charge >= 0.3 is 0 Å². The molecule has 0 bridgehead atoms. The molecule has 0 heterocycles. The molecule has 0 saturated heterocycles. The van der Waals surface area contributed by atoms with Crippen LogP contribution in [0.15, 0.2) is 60.7 Å². The minimum atomic E-state index is -2.52. The van der Waals surface area contributed by atoms with E-state index in [0.29, 0.717) is 0 Å². The second-order valence-electron chi connectivity index (χ2n) is 7.82. The molecule has 1 fully saturated rings. The SMILES string of the molecule is CC(C)(C)[Si](O[C@@H]1CCC[C@H]1O)(c1ccccc1)c1ccccc1. The van der Waals surface area contributed by atoms with Crippen LogP contribution in [0.4, 0.5) is 0 Å². The van der Waals surface area contributed by atoms with Gasteiger partial charge in [-0.3, -0.25) is 0 Å². The zero-order valence-electron chi connectivity index (χ0n) is 14.9. The Hall–Kier alpha value is -1.42. The molecule has 3 heteroatoms. The second kappa shape index (κ2) is 6.83. The summed E-state index contributed by atoms with van der Waals surface area (Å²) in [4.78, 5) is 0. The molecule has 2 nitrogen and oxygen atoms in total. The van der Waals surface area contributed by atoms with Crippen molar-refractivity contribution in [3.05, 3.63) is 60.7 Å². The second-order valence-corrected chi connectivity index (χ2v) is 12.1. The molecule has 3 rings (SSSR count). The molecule has 1 aliphatic rings. The van der Waals surface area contributed by atoms with E-state index in [1.54, 1.807) is 0 Å². The molecule has 0 aromatic heterocycles. The van der Waals surface area contributed by atoms with Crippen molar-refractivity contribution in [3.8, 4) is 0 Å². The molecule has 1 saturated carbocycles. The van der Waals surface area contributed by atoms with Gasteiger partial charge in [-0.1, -0.05) is 81.4 Å². The Bertz CT molecular complexity index is 609. The molecule has 128 valence electrons. The third-order valence-electron chi connectivity index (χ3n) is 5.16. The van der Waals surface area contributed by atoms with Gasteiger partial charge in [0.2, 0.25) is 0 Å². The fourth-order valence-corrected chi connectivity index (χ4v) is 8.71. The van der Waals surface area contributed by atoms with Gasteiger partial charge in [0.25, 0.3) is 8.32 Å². The molecule has 1 N–H and O–H groups in total. The number of hydrogen-bond acceptors (Lipinski definition) is 2. The minimum absolute atomic E-state index is 0.0297. The summed E-state index contributed by atoms with van der Waals surface area (Å²) in [5, 5.41) is 12.9. The van der Waals surface area contributed by atoms with E-state index in [4.69, 9.17) is 4.43 Å². The van der Waals surface area contributed by atoms with Gasteiger partial charge in [0, 0.05) is 0 Å². The minimum Gasteiger partial charge on any atom is -0.402 e. The van der Waals surface area contributed by atoms with Crippen molar-refractivity contribution in [2.24, 2.45) is 0 Å². The Morgan fingerprint density at radius 2 is 1.38 bits per heavy atom. The molecule has 0 aliphatic heterocycles. The largest absolute Gasteiger partial charge is 0.402 e.